The number of fused-ring (bicyclic) bond motifs is 2. The van der Waals surface area contributed by atoms with Crippen LogP contribution >= 0.6 is 0 Å². The minimum atomic E-state index is -0.401. The van der Waals surface area contributed by atoms with Gasteiger partial charge < -0.3 is 20.7 Å². The van der Waals surface area contributed by atoms with Crippen molar-refractivity contribution in [3.63, 3.8) is 0 Å². The maximum atomic E-state index is 13.0. The van der Waals surface area contributed by atoms with Crippen molar-refractivity contribution in [3.05, 3.63) is 77.9 Å². The number of amides is 3. The second-order valence-corrected chi connectivity index (χ2v) is 9.66. The van der Waals surface area contributed by atoms with E-state index in [-0.39, 0.29) is 18.0 Å². The third kappa shape index (κ3) is 4.35. The van der Waals surface area contributed by atoms with Gasteiger partial charge in [0.2, 0.25) is 5.91 Å². The van der Waals surface area contributed by atoms with Crippen LogP contribution in [0.4, 0.5) is 21.9 Å². The lowest BCUT2D eigenvalue weighted by Gasteiger charge is -2.36. The Hall–Kier alpha value is -3.84. The molecule has 0 spiro atoms. The zero-order valence-electron chi connectivity index (χ0n) is 20.2. The number of ether oxygens (including phenoxy) is 1. The van der Waals surface area contributed by atoms with Gasteiger partial charge in [0.1, 0.15) is 0 Å². The number of urea groups is 1. The van der Waals surface area contributed by atoms with Crippen LogP contribution in [0.1, 0.15) is 37.8 Å². The largest absolute Gasteiger partial charge is 0.452 e. The van der Waals surface area contributed by atoms with Crippen LogP contribution in [0.2, 0.25) is 0 Å². The average molecular weight is 471 g/mol. The van der Waals surface area contributed by atoms with Gasteiger partial charge in [-0.05, 0) is 50.7 Å². The van der Waals surface area contributed by atoms with Crippen LogP contribution in [0.3, 0.4) is 0 Å². The van der Waals surface area contributed by atoms with Crippen molar-refractivity contribution in [2.24, 2.45) is 0 Å². The van der Waals surface area contributed by atoms with Gasteiger partial charge in [-0.1, -0.05) is 56.3 Å². The molecule has 1 saturated heterocycles. The summed E-state index contributed by atoms with van der Waals surface area (Å²) in [6, 6.07) is 20.3. The van der Waals surface area contributed by atoms with E-state index in [0.717, 1.165) is 30.5 Å². The van der Waals surface area contributed by atoms with E-state index in [1.165, 1.54) is 0 Å². The van der Waals surface area contributed by atoms with E-state index in [0.29, 0.717) is 28.6 Å². The molecule has 1 fully saturated rings. The molecule has 5 rings (SSSR count). The molecule has 0 saturated carbocycles. The minimum absolute atomic E-state index is 0.0285. The van der Waals surface area contributed by atoms with E-state index in [9.17, 15) is 9.59 Å². The van der Waals surface area contributed by atoms with Crippen molar-refractivity contribution in [1.82, 2.24) is 4.90 Å². The second kappa shape index (κ2) is 9.07. The lowest BCUT2D eigenvalue weighted by atomic mass is 9.75. The first-order valence-electron chi connectivity index (χ1n) is 11.9. The van der Waals surface area contributed by atoms with Crippen LogP contribution in [0.25, 0.3) is 0 Å². The molecule has 3 amide bonds. The van der Waals surface area contributed by atoms with Crippen molar-refractivity contribution in [2.45, 2.75) is 38.1 Å². The maximum Gasteiger partial charge on any atom is 0.323 e. The molecule has 2 heterocycles. The number of anilines is 3. The fraction of sp³-hybridized carbons (Fsp3) is 0.286. The molecule has 2 aliphatic rings. The molecule has 180 valence electrons. The molecule has 35 heavy (non-hydrogen) atoms. The molecular weight excluding hydrogens is 440 g/mol. The van der Waals surface area contributed by atoms with Crippen molar-refractivity contribution < 1.29 is 14.3 Å². The molecule has 0 radical (unpaired) electrons. The van der Waals surface area contributed by atoms with Crippen molar-refractivity contribution in [1.29, 1.82) is 0 Å². The highest BCUT2D eigenvalue weighted by Gasteiger charge is 2.37. The summed E-state index contributed by atoms with van der Waals surface area (Å²) in [7, 11) is 1.98. The Morgan fingerprint density at radius 1 is 0.857 bits per heavy atom. The van der Waals surface area contributed by atoms with Crippen LogP contribution in [-0.2, 0) is 10.2 Å². The summed E-state index contributed by atoms with van der Waals surface area (Å²) in [6.45, 7) is 5.16. The Labute approximate surface area is 205 Å². The number of rotatable bonds is 4. The summed E-state index contributed by atoms with van der Waals surface area (Å²) in [4.78, 5) is 27.8. The fourth-order valence-electron chi connectivity index (χ4n) is 4.99. The molecule has 3 aromatic carbocycles. The normalized spacial score (nSPS) is 18.1. The lowest BCUT2D eigenvalue weighted by Crippen LogP contribution is -2.37. The summed E-state index contributed by atoms with van der Waals surface area (Å²) in [6.07, 6.45) is 1.86. The number of carbonyl (C=O) groups is 2. The van der Waals surface area contributed by atoms with E-state index < -0.39 is 5.41 Å². The standard InChI is InChI=1S/C28H30N4O3/c1-28(2)19-12-7-14-21(30-26(33)23-16-9-17-32(23)3)24(19)35-25-20(28)13-8-15-22(25)31-27(34)29-18-10-5-4-6-11-18/h4-8,10-15,23H,9,16-17H2,1-3H3,(H,30,33)(H2,29,31,34)/t23-/m0/s1. The molecule has 0 unspecified atom stereocenters. The van der Waals surface area contributed by atoms with E-state index >= 15 is 0 Å². The third-order valence-corrected chi connectivity index (χ3v) is 6.94. The van der Waals surface area contributed by atoms with Crippen LogP contribution in [0.5, 0.6) is 11.5 Å². The second-order valence-electron chi connectivity index (χ2n) is 9.66. The number of nitrogens with zero attached hydrogens (tertiary/aromatic N) is 1. The van der Waals surface area contributed by atoms with Crippen LogP contribution in [-0.4, -0.2) is 36.5 Å². The smallest absolute Gasteiger partial charge is 0.323 e. The maximum absolute atomic E-state index is 13.0. The monoisotopic (exact) mass is 470 g/mol. The minimum Gasteiger partial charge on any atom is -0.452 e. The van der Waals surface area contributed by atoms with Gasteiger partial charge in [0.15, 0.2) is 11.5 Å². The number of para-hydroxylation sites is 3. The molecule has 0 aliphatic carbocycles. The Morgan fingerprint density at radius 3 is 2.09 bits per heavy atom. The van der Waals surface area contributed by atoms with Gasteiger partial charge in [0.25, 0.3) is 0 Å². The van der Waals surface area contributed by atoms with Gasteiger partial charge in [0, 0.05) is 22.2 Å². The number of likely N-dealkylation sites (N-methyl/N-ethyl adjacent to an activating group) is 1. The summed E-state index contributed by atoms with van der Waals surface area (Å²) >= 11 is 0. The van der Waals surface area contributed by atoms with Gasteiger partial charge in [0.05, 0.1) is 17.4 Å². The predicted octanol–water partition coefficient (Wildman–Crippen LogP) is 5.79. The van der Waals surface area contributed by atoms with E-state index in [1.54, 1.807) is 0 Å². The molecule has 0 aromatic heterocycles. The number of carbonyl (C=O) groups excluding carboxylic acids is 2. The first kappa shape index (κ1) is 22.9. The van der Waals surface area contributed by atoms with Crippen molar-refractivity contribution in [3.8, 4) is 11.5 Å². The Bertz CT molecular complexity index is 1270. The Kier molecular flexibility index (Phi) is 5.94. The lowest BCUT2D eigenvalue weighted by molar-refractivity contribution is -0.119. The van der Waals surface area contributed by atoms with Gasteiger partial charge in [-0.3, -0.25) is 9.69 Å². The molecule has 2 aliphatic heterocycles. The average Bonchev–Trinajstić information content (AvgIpc) is 3.27. The summed E-state index contributed by atoms with van der Waals surface area (Å²) in [5.41, 5.74) is 3.43. The summed E-state index contributed by atoms with van der Waals surface area (Å²) < 4.78 is 6.45. The summed E-state index contributed by atoms with van der Waals surface area (Å²) in [5, 5.41) is 8.87. The molecule has 7 nitrogen and oxygen atoms in total. The van der Waals surface area contributed by atoms with Crippen molar-refractivity contribution in [2.75, 3.05) is 29.5 Å². The summed E-state index contributed by atoms with van der Waals surface area (Å²) in [5.74, 6) is 1.16. The molecular formula is C28H30N4O3. The highest BCUT2D eigenvalue weighted by atomic mass is 16.5. The third-order valence-electron chi connectivity index (χ3n) is 6.94. The van der Waals surface area contributed by atoms with Crippen molar-refractivity contribution >= 4 is 29.0 Å². The first-order valence-corrected chi connectivity index (χ1v) is 11.9. The molecule has 7 heteroatoms. The highest BCUT2D eigenvalue weighted by molar-refractivity contribution is 6.01. The number of hydrogen-bond donors (Lipinski definition) is 3. The fourth-order valence-corrected chi connectivity index (χ4v) is 4.99. The Balaban J connectivity index is 1.45. The number of likely N-dealkylation sites (tertiary alicyclic amines) is 1. The van der Waals surface area contributed by atoms with Crippen LogP contribution in [0.15, 0.2) is 66.7 Å². The van der Waals surface area contributed by atoms with E-state index in [2.05, 4.69) is 34.7 Å². The number of benzene rings is 3. The van der Waals surface area contributed by atoms with Gasteiger partial charge in [-0.2, -0.15) is 0 Å². The number of nitrogens with one attached hydrogen (secondary N) is 3. The van der Waals surface area contributed by atoms with Gasteiger partial charge in [-0.25, -0.2) is 4.79 Å². The zero-order valence-corrected chi connectivity index (χ0v) is 20.2. The topological polar surface area (TPSA) is 82.7 Å². The Morgan fingerprint density at radius 2 is 1.49 bits per heavy atom. The van der Waals surface area contributed by atoms with E-state index in [1.807, 2.05) is 73.8 Å². The molecule has 3 aromatic rings. The first-order chi connectivity index (χ1) is 16.8. The highest BCUT2D eigenvalue weighted by Crippen LogP contribution is 2.52. The SMILES string of the molecule is CN1CCC[C@H]1C(=O)Nc1cccc2c1Oc1c(NC(=O)Nc3ccccc3)cccc1C2(C)C. The quantitative estimate of drug-likeness (QED) is 0.450. The van der Waals surface area contributed by atoms with Crippen LogP contribution in [0, 0.1) is 0 Å². The predicted molar refractivity (Wildman–Crippen MR) is 138 cm³/mol. The van der Waals surface area contributed by atoms with E-state index in [4.69, 9.17) is 4.74 Å². The van der Waals surface area contributed by atoms with Gasteiger partial charge in [-0.15, -0.1) is 0 Å². The molecule has 1 atom stereocenters. The van der Waals surface area contributed by atoms with Gasteiger partial charge >= 0.3 is 6.03 Å². The zero-order chi connectivity index (χ0) is 24.6. The number of hydrogen-bond acceptors (Lipinski definition) is 4. The molecule has 0 bridgehead atoms. The molecule has 3 N–H and O–H groups in total. The van der Waals surface area contributed by atoms with Crippen LogP contribution < -0.4 is 20.7 Å².